The van der Waals surface area contributed by atoms with Gasteiger partial charge in [-0.15, -0.1) is 23.5 Å². The van der Waals surface area contributed by atoms with Crippen LogP contribution >= 0.6 is 23.5 Å². The number of fused-ring (bicyclic) bond motifs is 1. The van der Waals surface area contributed by atoms with Crippen LogP contribution in [0.2, 0.25) is 0 Å². The van der Waals surface area contributed by atoms with Crippen LogP contribution in [0, 0.1) is 13.8 Å². The zero-order valence-corrected chi connectivity index (χ0v) is 15.3. The third-order valence-corrected chi connectivity index (χ3v) is 6.86. The first-order chi connectivity index (χ1) is 10.7. The van der Waals surface area contributed by atoms with Crippen molar-refractivity contribution < 1.29 is 0 Å². The molecule has 0 spiro atoms. The molecular weight excluding hydrogens is 304 g/mol. The number of rotatable bonds is 4. The molecule has 3 rings (SSSR count). The van der Waals surface area contributed by atoms with Gasteiger partial charge >= 0.3 is 0 Å². The van der Waals surface area contributed by atoms with E-state index < -0.39 is 0 Å². The number of hydrogen-bond acceptors (Lipinski definition) is 2. The van der Waals surface area contributed by atoms with Crippen LogP contribution in [0.4, 0.5) is 0 Å². The summed E-state index contributed by atoms with van der Waals surface area (Å²) in [6.07, 6.45) is 3.89. The summed E-state index contributed by atoms with van der Waals surface area (Å²) in [5, 5.41) is 1.36. The summed E-state index contributed by atoms with van der Waals surface area (Å²) in [5.41, 5.74) is 4.26. The predicted molar refractivity (Wildman–Crippen MR) is 100 cm³/mol. The lowest BCUT2D eigenvalue weighted by Crippen LogP contribution is -2.14. The van der Waals surface area contributed by atoms with Crippen LogP contribution in [0.5, 0.6) is 0 Å². The Morgan fingerprint density at radius 3 is 2.50 bits per heavy atom. The Bertz CT molecular complexity index is 631. The maximum Gasteiger partial charge on any atom is 0.0366 e. The lowest BCUT2D eigenvalue weighted by atomic mass is 10.0. The minimum Gasteiger partial charge on any atom is -0.122 e. The summed E-state index contributed by atoms with van der Waals surface area (Å²) in [6, 6.07) is 16.0. The molecule has 22 heavy (non-hydrogen) atoms. The van der Waals surface area contributed by atoms with Gasteiger partial charge in [-0.3, -0.25) is 0 Å². The minimum atomic E-state index is 0.593. The molecule has 1 aliphatic rings. The molecule has 0 aliphatic carbocycles. The molecule has 2 atom stereocenters. The van der Waals surface area contributed by atoms with E-state index in [2.05, 4.69) is 75.0 Å². The molecule has 1 heterocycles. The van der Waals surface area contributed by atoms with Crippen molar-refractivity contribution in [2.24, 2.45) is 0 Å². The zero-order valence-electron chi connectivity index (χ0n) is 13.6. The predicted octanol–water partition coefficient (Wildman–Crippen LogP) is 6.80. The highest BCUT2D eigenvalue weighted by molar-refractivity contribution is 8.01. The van der Waals surface area contributed by atoms with Crippen LogP contribution in [-0.4, -0.2) is 5.25 Å². The maximum atomic E-state index is 2.40. The van der Waals surface area contributed by atoms with E-state index in [1.165, 1.54) is 40.2 Å². The highest BCUT2D eigenvalue weighted by Gasteiger charge is 2.27. The molecule has 0 saturated carbocycles. The van der Waals surface area contributed by atoms with Gasteiger partial charge in [-0.1, -0.05) is 48.7 Å². The molecule has 116 valence electrons. The van der Waals surface area contributed by atoms with Crippen molar-refractivity contribution in [3.63, 3.8) is 0 Å². The normalized spacial score (nSPS) is 20.7. The smallest absolute Gasteiger partial charge is 0.0366 e. The molecule has 0 aromatic heterocycles. The molecule has 2 aromatic rings. The Morgan fingerprint density at radius 1 is 1.05 bits per heavy atom. The summed E-state index contributed by atoms with van der Waals surface area (Å²) < 4.78 is 0. The lowest BCUT2D eigenvalue weighted by Gasteiger charge is -2.31. The van der Waals surface area contributed by atoms with E-state index in [4.69, 9.17) is 0 Å². The lowest BCUT2D eigenvalue weighted by molar-refractivity contribution is 0.659. The van der Waals surface area contributed by atoms with Crippen molar-refractivity contribution in [3.8, 4) is 0 Å². The van der Waals surface area contributed by atoms with E-state index in [0.717, 1.165) is 5.25 Å². The quantitative estimate of drug-likeness (QED) is 0.605. The van der Waals surface area contributed by atoms with Crippen LogP contribution in [0.3, 0.4) is 0 Å². The average Bonchev–Trinajstić information content (AvgIpc) is 2.50. The number of thioether (sulfide) groups is 2. The molecule has 2 aromatic carbocycles. The van der Waals surface area contributed by atoms with Crippen molar-refractivity contribution in [2.75, 3.05) is 0 Å². The summed E-state index contributed by atoms with van der Waals surface area (Å²) in [7, 11) is 0. The molecule has 0 nitrogen and oxygen atoms in total. The molecule has 1 aliphatic heterocycles. The summed E-state index contributed by atoms with van der Waals surface area (Å²) in [5.74, 6) is 0. The van der Waals surface area contributed by atoms with Gasteiger partial charge in [-0.25, -0.2) is 0 Å². The first kappa shape index (κ1) is 16.0. The monoisotopic (exact) mass is 328 g/mol. The maximum absolute atomic E-state index is 2.40. The third-order valence-electron chi connectivity index (χ3n) is 4.19. The van der Waals surface area contributed by atoms with Crippen molar-refractivity contribution in [3.05, 3.63) is 59.2 Å². The largest absolute Gasteiger partial charge is 0.122 e. The number of benzene rings is 2. The molecule has 0 amide bonds. The van der Waals surface area contributed by atoms with Crippen LogP contribution in [0.1, 0.15) is 48.1 Å². The van der Waals surface area contributed by atoms with E-state index in [1.807, 2.05) is 11.8 Å². The Morgan fingerprint density at radius 2 is 1.77 bits per heavy atom. The summed E-state index contributed by atoms with van der Waals surface area (Å²) in [4.78, 5) is 2.89. The van der Waals surface area contributed by atoms with Gasteiger partial charge in [-0.2, -0.15) is 0 Å². The van der Waals surface area contributed by atoms with Crippen molar-refractivity contribution in [1.29, 1.82) is 0 Å². The summed E-state index contributed by atoms with van der Waals surface area (Å²) in [6.45, 7) is 6.66. The molecule has 0 radical (unpaired) electrons. The van der Waals surface area contributed by atoms with Gasteiger partial charge in [0.1, 0.15) is 0 Å². The van der Waals surface area contributed by atoms with Gasteiger partial charge in [0.2, 0.25) is 0 Å². The van der Waals surface area contributed by atoms with Gasteiger partial charge in [0.05, 0.1) is 0 Å². The van der Waals surface area contributed by atoms with Gasteiger partial charge in [0, 0.05) is 20.3 Å². The second-order valence-electron chi connectivity index (χ2n) is 6.23. The van der Waals surface area contributed by atoms with Gasteiger partial charge in [0.15, 0.2) is 0 Å². The van der Waals surface area contributed by atoms with E-state index in [1.54, 1.807) is 5.56 Å². The molecule has 0 bridgehead atoms. The first-order valence-electron chi connectivity index (χ1n) is 8.16. The van der Waals surface area contributed by atoms with Gasteiger partial charge in [0.25, 0.3) is 0 Å². The van der Waals surface area contributed by atoms with Crippen molar-refractivity contribution in [1.82, 2.24) is 0 Å². The zero-order chi connectivity index (χ0) is 15.5. The van der Waals surface area contributed by atoms with Crippen molar-refractivity contribution in [2.45, 2.75) is 60.3 Å². The number of aryl methyl sites for hydroxylation is 2. The van der Waals surface area contributed by atoms with Crippen LogP contribution in [0.25, 0.3) is 0 Å². The third kappa shape index (κ3) is 3.72. The SMILES string of the molecule is CCC[C@@H]1C[C@@H](Sc2ccc(C)cc2)c2cc(C)ccc2S1. The topological polar surface area (TPSA) is 0 Å². The van der Waals surface area contributed by atoms with Gasteiger partial charge in [-0.05, 0) is 50.5 Å². The molecule has 0 saturated heterocycles. The number of hydrogen-bond donors (Lipinski definition) is 0. The molecule has 0 N–H and O–H groups in total. The summed E-state index contributed by atoms with van der Waals surface area (Å²) >= 11 is 4.13. The Balaban J connectivity index is 1.87. The fourth-order valence-electron chi connectivity index (χ4n) is 3.01. The van der Waals surface area contributed by atoms with Gasteiger partial charge < -0.3 is 0 Å². The Hall–Kier alpha value is -0.860. The Labute approximate surface area is 143 Å². The van der Waals surface area contributed by atoms with Crippen molar-refractivity contribution >= 4 is 23.5 Å². The highest BCUT2D eigenvalue weighted by atomic mass is 32.2. The van der Waals surface area contributed by atoms with E-state index >= 15 is 0 Å². The molecule has 2 heteroatoms. The minimum absolute atomic E-state index is 0.593. The van der Waals surface area contributed by atoms with Crippen LogP contribution in [0.15, 0.2) is 52.3 Å². The first-order valence-corrected chi connectivity index (χ1v) is 9.92. The molecule has 0 fully saturated rings. The molecular formula is C20H24S2. The van der Waals surface area contributed by atoms with E-state index in [0.29, 0.717) is 5.25 Å². The van der Waals surface area contributed by atoms with E-state index in [-0.39, 0.29) is 0 Å². The second-order valence-corrected chi connectivity index (χ2v) is 8.84. The standard InChI is InChI=1S/C20H24S2/c1-4-5-17-13-20(21-16-9-6-14(2)7-10-16)18-12-15(3)8-11-19(18)22-17/h6-12,17,20H,4-5,13H2,1-3H3/t17-,20-/m1/s1. The average molecular weight is 329 g/mol. The second kappa shape index (κ2) is 7.14. The van der Waals surface area contributed by atoms with E-state index in [9.17, 15) is 0 Å². The molecule has 0 unspecified atom stereocenters. The Kier molecular flexibility index (Phi) is 5.20. The highest BCUT2D eigenvalue weighted by Crippen LogP contribution is 2.50. The van der Waals surface area contributed by atoms with Crippen LogP contribution < -0.4 is 0 Å². The van der Waals surface area contributed by atoms with Crippen LogP contribution in [-0.2, 0) is 0 Å². The fraction of sp³-hybridized carbons (Fsp3) is 0.400. The fourth-order valence-corrected chi connectivity index (χ4v) is 5.97.